The van der Waals surface area contributed by atoms with E-state index in [4.69, 9.17) is 4.74 Å². The summed E-state index contributed by atoms with van der Waals surface area (Å²) in [7, 11) is 1.36. The van der Waals surface area contributed by atoms with Gasteiger partial charge >= 0.3 is 6.18 Å². The molecule has 1 rings (SSSR count). The molecule has 1 aromatic carbocycles. The minimum atomic E-state index is -4.39. The van der Waals surface area contributed by atoms with Gasteiger partial charge in [-0.2, -0.15) is 13.2 Å². The maximum absolute atomic E-state index is 13.1. The van der Waals surface area contributed by atoms with Crippen LogP contribution in [0.4, 0.5) is 18.9 Å². The van der Waals surface area contributed by atoms with Gasteiger partial charge in [-0.25, -0.2) is 0 Å². The van der Waals surface area contributed by atoms with E-state index in [-0.39, 0.29) is 17.5 Å². The Morgan fingerprint density at radius 3 is 2.20 bits per heavy atom. The van der Waals surface area contributed by atoms with Gasteiger partial charge in [-0.3, -0.25) is 0 Å². The van der Waals surface area contributed by atoms with Crippen LogP contribution in [0.2, 0.25) is 0 Å². The minimum absolute atomic E-state index is 0.0690. The van der Waals surface area contributed by atoms with E-state index in [0.717, 1.165) is 31.7 Å². The van der Waals surface area contributed by atoms with Gasteiger partial charge in [0.05, 0.1) is 12.7 Å². The summed E-state index contributed by atoms with van der Waals surface area (Å²) in [5.74, 6) is 0.213. The fourth-order valence-corrected chi connectivity index (χ4v) is 2.22. The number of nitrogens with one attached hydrogen (secondary N) is 1. The molecule has 0 spiro atoms. The topological polar surface area (TPSA) is 21.3 Å². The van der Waals surface area contributed by atoms with Crippen LogP contribution in [0.5, 0.6) is 5.75 Å². The zero-order chi connectivity index (χ0) is 15.2. The second kappa shape index (κ2) is 7.41. The van der Waals surface area contributed by atoms with Crippen LogP contribution in [-0.2, 0) is 6.18 Å². The lowest BCUT2D eigenvalue weighted by Crippen LogP contribution is -2.21. The van der Waals surface area contributed by atoms with Crippen molar-refractivity contribution in [3.63, 3.8) is 0 Å². The van der Waals surface area contributed by atoms with Crippen LogP contribution in [0, 0.1) is 0 Å². The molecule has 1 N–H and O–H groups in total. The summed E-state index contributed by atoms with van der Waals surface area (Å²) >= 11 is 0. The summed E-state index contributed by atoms with van der Waals surface area (Å²) in [5.41, 5.74) is -0.542. The van der Waals surface area contributed by atoms with Gasteiger partial charge in [-0.05, 0) is 31.0 Å². The van der Waals surface area contributed by atoms with Crippen LogP contribution in [0.1, 0.15) is 45.1 Å². The molecule has 0 aliphatic rings. The van der Waals surface area contributed by atoms with Gasteiger partial charge in [0.25, 0.3) is 0 Å². The molecule has 5 heteroatoms. The van der Waals surface area contributed by atoms with Gasteiger partial charge in [-0.1, -0.05) is 26.7 Å². The number of alkyl halides is 3. The quantitative estimate of drug-likeness (QED) is 0.754. The lowest BCUT2D eigenvalue weighted by atomic mass is 10.0. The van der Waals surface area contributed by atoms with Gasteiger partial charge in [0, 0.05) is 11.7 Å². The molecule has 0 atom stereocenters. The highest BCUT2D eigenvalue weighted by Crippen LogP contribution is 2.37. The SMILES string of the molecule is CCCC(CCC)Nc1ccc(OC)cc1C(F)(F)F. The molecule has 20 heavy (non-hydrogen) atoms. The van der Waals surface area contributed by atoms with Gasteiger partial charge in [0.1, 0.15) is 5.75 Å². The Hall–Kier alpha value is -1.39. The molecule has 114 valence electrons. The van der Waals surface area contributed by atoms with Crippen molar-refractivity contribution in [3.8, 4) is 5.75 Å². The molecule has 0 aliphatic carbocycles. The predicted octanol–water partition coefficient (Wildman–Crippen LogP) is 5.09. The van der Waals surface area contributed by atoms with Crippen LogP contribution in [0.15, 0.2) is 18.2 Å². The van der Waals surface area contributed by atoms with E-state index in [9.17, 15) is 13.2 Å². The highest BCUT2D eigenvalue weighted by Gasteiger charge is 2.34. The summed E-state index contributed by atoms with van der Waals surface area (Å²) in [6.45, 7) is 4.06. The van der Waals surface area contributed by atoms with Gasteiger partial charge in [-0.15, -0.1) is 0 Å². The lowest BCUT2D eigenvalue weighted by Gasteiger charge is -2.22. The average Bonchev–Trinajstić information content (AvgIpc) is 2.38. The van der Waals surface area contributed by atoms with Crippen molar-refractivity contribution in [2.75, 3.05) is 12.4 Å². The van der Waals surface area contributed by atoms with Crippen molar-refractivity contribution in [1.29, 1.82) is 0 Å². The normalized spacial score (nSPS) is 11.8. The largest absolute Gasteiger partial charge is 0.497 e. The third kappa shape index (κ3) is 4.62. The molecule has 0 heterocycles. The number of methoxy groups -OCH3 is 1. The van der Waals surface area contributed by atoms with Crippen LogP contribution in [-0.4, -0.2) is 13.2 Å². The van der Waals surface area contributed by atoms with Crippen molar-refractivity contribution in [3.05, 3.63) is 23.8 Å². The average molecular weight is 289 g/mol. The maximum Gasteiger partial charge on any atom is 0.418 e. The number of hydrogen-bond donors (Lipinski definition) is 1. The van der Waals surface area contributed by atoms with Gasteiger partial charge < -0.3 is 10.1 Å². The summed E-state index contributed by atoms with van der Waals surface area (Å²) < 4.78 is 44.2. The van der Waals surface area contributed by atoms with Crippen LogP contribution < -0.4 is 10.1 Å². The van der Waals surface area contributed by atoms with Gasteiger partial charge in [0.2, 0.25) is 0 Å². The first-order valence-corrected chi connectivity index (χ1v) is 6.94. The highest BCUT2D eigenvalue weighted by atomic mass is 19.4. The number of anilines is 1. The first-order chi connectivity index (χ1) is 9.42. The van der Waals surface area contributed by atoms with Gasteiger partial charge in [0.15, 0.2) is 0 Å². The van der Waals surface area contributed by atoms with Crippen molar-refractivity contribution < 1.29 is 17.9 Å². The first kappa shape index (κ1) is 16.7. The molecule has 2 nitrogen and oxygen atoms in total. The Morgan fingerprint density at radius 2 is 1.75 bits per heavy atom. The fraction of sp³-hybridized carbons (Fsp3) is 0.600. The molecule has 0 bridgehead atoms. The molecule has 0 aromatic heterocycles. The Labute approximate surface area is 118 Å². The number of rotatable bonds is 7. The van der Waals surface area contributed by atoms with E-state index in [1.807, 2.05) is 13.8 Å². The Balaban J connectivity index is 3.03. The van der Waals surface area contributed by atoms with Crippen LogP contribution >= 0.6 is 0 Å². The van der Waals surface area contributed by atoms with E-state index in [1.54, 1.807) is 6.07 Å². The number of halogens is 3. The number of ether oxygens (including phenoxy) is 1. The molecule has 0 unspecified atom stereocenters. The second-order valence-electron chi connectivity index (χ2n) is 4.83. The number of hydrogen-bond acceptors (Lipinski definition) is 2. The predicted molar refractivity (Wildman–Crippen MR) is 75.2 cm³/mol. The molecule has 0 radical (unpaired) electrons. The van der Waals surface area contributed by atoms with E-state index in [0.29, 0.717) is 0 Å². The Kier molecular flexibility index (Phi) is 6.17. The van der Waals surface area contributed by atoms with Crippen molar-refractivity contribution in [2.45, 2.75) is 51.7 Å². The standard InChI is InChI=1S/C15H22F3NO/c1-4-6-11(7-5-2)19-14-9-8-12(20-3)10-13(14)15(16,17)18/h8-11,19H,4-7H2,1-3H3. The summed E-state index contributed by atoms with van der Waals surface area (Å²) in [4.78, 5) is 0. The number of benzene rings is 1. The molecule has 1 aromatic rings. The summed E-state index contributed by atoms with van der Waals surface area (Å²) in [6, 6.07) is 4.10. The molecular weight excluding hydrogens is 267 g/mol. The molecular formula is C15H22F3NO. The first-order valence-electron chi connectivity index (χ1n) is 6.94. The molecule has 0 fully saturated rings. The Morgan fingerprint density at radius 1 is 1.15 bits per heavy atom. The molecule has 0 saturated heterocycles. The maximum atomic E-state index is 13.1. The Bertz CT molecular complexity index is 412. The van der Waals surface area contributed by atoms with Crippen molar-refractivity contribution in [2.24, 2.45) is 0 Å². The summed E-state index contributed by atoms with van der Waals surface area (Å²) in [5, 5.41) is 3.03. The minimum Gasteiger partial charge on any atom is -0.497 e. The van der Waals surface area contributed by atoms with Crippen molar-refractivity contribution in [1.82, 2.24) is 0 Å². The van der Waals surface area contributed by atoms with E-state index in [1.165, 1.54) is 13.2 Å². The monoisotopic (exact) mass is 289 g/mol. The van der Waals surface area contributed by atoms with Crippen molar-refractivity contribution >= 4 is 5.69 Å². The zero-order valence-electron chi connectivity index (χ0n) is 12.2. The summed E-state index contributed by atoms with van der Waals surface area (Å²) in [6.07, 6.45) is -0.793. The highest BCUT2D eigenvalue weighted by molar-refractivity contribution is 5.56. The van der Waals surface area contributed by atoms with E-state index in [2.05, 4.69) is 5.32 Å². The van der Waals surface area contributed by atoms with Crippen LogP contribution in [0.3, 0.4) is 0 Å². The zero-order valence-corrected chi connectivity index (χ0v) is 12.2. The van der Waals surface area contributed by atoms with E-state index >= 15 is 0 Å². The fourth-order valence-electron chi connectivity index (χ4n) is 2.22. The third-order valence-corrected chi connectivity index (χ3v) is 3.17. The molecule has 0 saturated carbocycles. The smallest absolute Gasteiger partial charge is 0.418 e. The van der Waals surface area contributed by atoms with Crippen LogP contribution in [0.25, 0.3) is 0 Å². The second-order valence-corrected chi connectivity index (χ2v) is 4.83. The van der Waals surface area contributed by atoms with E-state index < -0.39 is 11.7 Å². The molecule has 0 aliphatic heterocycles. The third-order valence-electron chi connectivity index (χ3n) is 3.17. The lowest BCUT2D eigenvalue weighted by molar-refractivity contribution is -0.137. The molecule has 0 amide bonds.